The highest BCUT2D eigenvalue weighted by atomic mass is 79.9. The predicted octanol–water partition coefficient (Wildman–Crippen LogP) is 4.94. The normalized spacial score (nSPS) is 15.6. The molecule has 1 saturated heterocycles. The van der Waals surface area contributed by atoms with Gasteiger partial charge in [0.25, 0.3) is 0 Å². The number of hydrazone groups is 1. The maximum Gasteiger partial charge on any atom is 0.245 e. The number of halogens is 3. The van der Waals surface area contributed by atoms with Gasteiger partial charge in [-0.15, -0.1) is 0 Å². The number of rotatable bonds is 7. The highest BCUT2D eigenvalue weighted by molar-refractivity contribution is 9.10. The molecule has 1 heterocycles. The number of carbonyl (C=O) groups is 1. The summed E-state index contributed by atoms with van der Waals surface area (Å²) in [4.78, 5) is 12.0. The van der Waals surface area contributed by atoms with Crippen LogP contribution in [-0.2, 0) is 20.9 Å². The van der Waals surface area contributed by atoms with Gasteiger partial charge in [0.2, 0.25) is 5.91 Å². The van der Waals surface area contributed by atoms with Crippen LogP contribution in [-0.4, -0.2) is 31.1 Å². The highest BCUT2D eigenvalue weighted by Gasteiger charge is 2.33. The van der Waals surface area contributed by atoms with Crippen molar-refractivity contribution in [1.29, 1.82) is 0 Å². The number of hydrogen-bond acceptors (Lipinski definition) is 5. The van der Waals surface area contributed by atoms with Crippen molar-refractivity contribution in [2.45, 2.75) is 25.7 Å². The average Bonchev–Trinajstić information content (AvgIpc) is 3.08. The molecule has 0 radical (unpaired) electrons. The summed E-state index contributed by atoms with van der Waals surface area (Å²) in [7, 11) is 0. The molecule has 0 atom stereocenters. The fourth-order valence-electron chi connectivity index (χ4n) is 2.68. The third-order valence-electron chi connectivity index (χ3n) is 4.14. The zero-order chi connectivity index (χ0) is 20.9. The first kappa shape index (κ1) is 22.1. The second-order valence-corrected chi connectivity index (χ2v) is 8.21. The zero-order valence-electron chi connectivity index (χ0n) is 15.6. The molecule has 0 aliphatic carbocycles. The van der Waals surface area contributed by atoms with Crippen LogP contribution in [0.3, 0.4) is 0 Å². The summed E-state index contributed by atoms with van der Waals surface area (Å²) in [5, 5.41) is 5.10. The second kappa shape index (κ2) is 9.91. The fraction of sp³-hybridized carbons (Fsp3) is 0.300. The average molecular weight is 502 g/mol. The van der Waals surface area contributed by atoms with Gasteiger partial charge in [0.1, 0.15) is 12.4 Å². The molecule has 1 amide bonds. The van der Waals surface area contributed by atoms with Gasteiger partial charge in [-0.25, -0.2) is 5.43 Å². The van der Waals surface area contributed by atoms with Gasteiger partial charge in [0, 0.05) is 15.6 Å². The molecule has 0 spiro atoms. The molecule has 1 fully saturated rings. The molecular formula is C20H19BrCl2N2O4. The van der Waals surface area contributed by atoms with Crippen LogP contribution < -0.4 is 10.2 Å². The Bertz CT molecular complexity index is 917. The third kappa shape index (κ3) is 6.42. The molecule has 1 N–H and O–H groups in total. The number of benzene rings is 2. The van der Waals surface area contributed by atoms with Gasteiger partial charge in [-0.3, -0.25) is 4.79 Å². The number of nitrogens with zero attached hydrogens (tertiary/aromatic N) is 1. The minimum atomic E-state index is -0.880. The molecule has 6 nitrogen and oxygen atoms in total. The van der Waals surface area contributed by atoms with Crippen molar-refractivity contribution in [3.63, 3.8) is 0 Å². The Morgan fingerprint density at radius 2 is 2.03 bits per heavy atom. The van der Waals surface area contributed by atoms with Crippen LogP contribution in [0, 0.1) is 0 Å². The largest absolute Gasteiger partial charge is 0.488 e. The Morgan fingerprint density at radius 1 is 1.28 bits per heavy atom. The van der Waals surface area contributed by atoms with Gasteiger partial charge in [-0.2, -0.15) is 5.10 Å². The number of carbonyl (C=O) groups excluding carboxylic acids is 1. The van der Waals surface area contributed by atoms with Gasteiger partial charge in [0.15, 0.2) is 5.79 Å². The van der Waals surface area contributed by atoms with Crippen LogP contribution in [0.4, 0.5) is 0 Å². The summed E-state index contributed by atoms with van der Waals surface area (Å²) in [6, 6.07) is 10.7. The first-order valence-corrected chi connectivity index (χ1v) is 10.4. The fourth-order valence-corrected chi connectivity index (χ4v) is 3.65. The molecule has 0 unspecified atom stereocenters. The molecule has 0 bridgehead atoms. The second-order valence-electron chi connectivity index (χ2n) is 6.51. The minimum Gasteiger partial charge on any atom is -0.488 e. The molecule has 29 heavy (non-hydrogen) atoms. The van der Waals surface area contributed by atoms with Crippen molar-refractivity contribution in [1.82, 2.24) is 5.43 Å². The lowest BCUT2D eigenvalue weighted by atomic mass is 10.2. The first-order valence-electron chi connectivity index (χ1n) is 8.81. The topological polar surface area (TPSA) is 69.2 Å². The maximum absolute atomic E-state index is 12.0. The molecule has 2 aromatic rings. The number of nitrogens with one attached hydrogen (secondary N) is 1. The van der Waals surface area contributed by atoms with E-state index in [0.717, 1.165) is 15.6 Å². The summed E-state index contributed by atoms with van der Waals surface area (Å²) in [6.07, 6.45) is 1.62. The lowest BCUT2D eigenvalue weighted by Crippen LogP contribution is -2.33. The zero-order valence-corrected chi connectivity index (χ0v) is 18.7. The highest BCUT2D eigenvalue weighted by Crippen LogP contribution is 2.28. The Kier molecular flexibility index (Phi) is 7.54. The molecule has 154 valence electrons. The third-order valence-corrected chi connectivity index (χ3v) is 5.34. The molecule has 1 aliphatic rings. The maximum atomic E-state index is 12.0. The summed E-state index contributed by atoms with van der Waals surface area (Å²) < 4.78 is 17.4. The van der Waals surface area contributed by atoms with Gasteiger partial charge in [0.05, 0.1) is 30.3 Å². The molecule has 0 aromatic heterocycles. The van der Waals surface area contributed by atoms with Crippen molar-refractivity contribution >= 4 is 51.3 Å². The van der Waals surface area contributed by atoms with E-state index in [2.05, 4.69) is 26.5 Å². The Hall–Kier alpha value is -1.64. The van der Waals surface area contributed by atoms with Crippen molar-refractivity contribution in [2.75, 3.05) is 13.2 Å². The summed E-state index contributed by atoms with van der Waals surface area (Å²) in [5.41, 5.74) is 4.09. The molecule has 0 saturated carbocycles. The minimum absolute atomic E-state index is 0.0775. The van der Waals surface area contributed by atoms with Crippen LogP contribution in [0.2, 0.25) is 10.0 Å². The van der Waals surface area contributed by atoms with E-state index >= 15 is 0 Å². The number of hydrogen-bond donors (Lipinski definition) is 1. The Labute approximate surface area is 187 Å². The lowest BCUT2D eigenvalue weighted by Gasteiger charge is -2.20. The van der Waals surface area contributed by atoms with E-state index in [1.54, 1.807) is 31.3 Å². The van der Waals surface area contributed by atoms with Crippen LogP contribution in [0.15, 0.2) is 46.0 Å². The van der Waals surface area contributed by atoms with E-state index in [9.17, 15) is 4.79 Å². The van der Waals surface area contributed by atoms with Crippen molar-refractivity contribution in [3.8, 4) is 5.75 Å². The predicted molar refractivity (Wildman–Crippen MR) is 116 cm³/mol. The van der Waals surface area contributed by atoms with Gasteiger partial charge >= 0.3 is 0 Å². The Morgan fingerprint density at radius 3 is 2.72 bits per heavy atom. The SMILES string of the molecule is CC1(CC(=O)N/N=C/c2ccc(OCc3ccc(Cl)cc3Cl)c(Br)c2)OCCO1. The van der Waals surface area contributed by atoms with E-state index in [-0.39, 0.29) is 12.3 Å². The standard InChI is InChI=1S/C20H19BrCl2N2O4/c1-20(28-6-7-29-20)10-19(26)25-24-11-13-2-5-18(16(21)8-13)27-12-14-3-4-15(22)9-17(14)23/h2-5,8-9,11H,6-7,10,12H2,1H3,(H,25,26)/b24-11+. The molecule has 1 aliphatic heterocycles. The summed E-state index contributed by atoms with van der Waals surface area (Å²) >= 11 is 15.5. The van der Waals surface area contributed by atoms with E-state index < -0.39 is 5.79 Å². The first-order chi connectivity index (χ1) is 13.8. The van der Waals surface area contributed by atoms with Crippen LogP contribution in [0.5, 0.6) is 5.75 Å². The molecular weight excluding hydrogens is 483 g/mol. The summed E-state index contributed by atoms with van der Waals surface area (Å²) in [6.45, 7) is 3.01. The monoisotopic (exact) mass is 500 g/mol. The molecule has 2 aromatic carbocycles. The molecule has 3 rings (SSSR count). The van der Waals surface area contributed by atoms with Crippen LogP contribution in [0.1, 0.15) is 24.5 Å². The lowest BCUT2D eigenvalue weighted by molar-refractivity contribution is -0.159. The smallest absolute Gasteiger partial charge is 0.245 e. The molecule has 9 heteroatoms. The van der Waals surface area contributed by atoms with E-state index in [1.165, 1.54) is 0 Å². The van der Waals surface area contributed by atoms with Gasteiger partial charge < -0.3 is 14.2 Å². The van der Waals surface area contributed by atoms with Crippen LogP contribution >= 0.6 is 39.1 Å². The van der Waals surface area contributed by atoms with Crippen molar-refractivity contribution in [2.24, 2.45) is 5.10 Å². The van der Waals surface area contributed by atoms with E-state index in [1.807, 2.05) is 18.2 Å². The number of ether oxygens (including phenoxy) is 3. The Balaban J connectivity index is 1.53. The quantitative estimate of drug-likeness (QED) is 0.431. The summed E-state index contributed by atoms with van der Waals surface area (Å²) in [5.74, 6) is -0.514. The van der Waals surface area contributed by atoms with Crippen molar-refractivity contribution in [3.05, 3.63) is 62.0 Å². The van der Waals surface area contributed by atoms with Crippen LogP contribution in [0.25, 0.3) is 0 Å². The van der Waals surface area contributed by atoms with Crippen molar-refractivity contribution < 1.29 is 19.0 Å². The van der Waals surface area contributed by atoms with Gasteiger partial charge in [-0.1, -0.05) is 29.3 Å². The van der Waals surface area contributed by atoms with E-state index in [4.69, 9.17) is 37.4 Å². The number of amides is 1. The van der Waals surface area contributed by atoms with E-state index in [0.29, 0.717) is 35.6 Å². The van der Waals surface area contributed by atoms with Gasteiger partial charge in [-0.05, 0) is 58.7 Å².